The molecular weight excluding hydrogens is 238 g/mol. The monoisotopic (exact) mass is 255 g/mol. The predicted octanol–water partition coefficient (Wildman–Crippen LogP) is 3.33. The van der Waals surface area contributed by atoms with Gasteiger partial charge in [0.15, 0.2) is 0 Å². The summed E-state index contributed by atoms with van der Waals surface area (Å²) in [5.74, 6) is -0.878. The second-order valence-corrected chi connectivity index (χ2v) is 4.66. The molecule has 0 saturated heterocycles. The second-order valence-electron chi connectivity index (χ2n) is 4.66. The number of hydrogen-bond donors (Lipinski definition) is 1. The van der Waals surface area contributed by atoms with Crippen molar-refractivity contribution in [2.75, 3.05) is 11.9 Å². The van der Waals surface area contributed by atoms with Gasteiger partial charge in [0.25, 0.3) is 0 Å². The Morgan fingerprint density at radius 2 is 1.84 bits per heavy atom. The molecule has 2 rings (SSSR count). The highest BCUT2D eigenvalue weighted by atomic mass is 16.4. The van der Waals surface area contributed by atoms with Crippen LogP contribution in [0.25, 0.3) is 0 Å². The predicted molar refractivity (Wildman–Crippen MR) is 76.7 cm³/mol. The third-order valence-electron chi connectivity index (χ3n) is 3.10. The van der Waals surface area contributed by atoms with Gasteiger partial charge in [-0.15, -0.1) is 0 Å². The Kier molecular flexibility index (Phi) is 3.85. The first-order valence-corrected chi connectivity index (χ1v) is 6.17. The van der Waals surface area contributed by atoms with Gasteiger partial charge in [0.1, 0.15) is 0 Å². The molecule has 0 aliphatic heterocycles. The number of nitrogens with zero attached hydrogens (tertiary/aromatic N) is 1. The van der Waals surface area contributed by atoms with E-state index in [-0.39, 0.29) is 0 Å². The zero-order chi connectivity index (χ0) is 13.8. The van der Waals surface area contributed by atoms with Crippen LogP contribution in [0.2, 0.25) is 0 Å². The summed E-state index contributed by atoms with van der Waals surface area (Å²) >= 11 is 0. The van der Waals surface area contributed by atoms with Crippen molar-refractivity contribution >= 4 is 11.7 Å². The Morgan fingerprint density at radius 1 is 1.16 bits per heavy atom. The number of aromatic carboxylic acids is 1. The van der Waals surface area contributed by atoms with Crippen molar-refractivity contribution in [2.24, 2.45) is 0 Å². The third-order valence-corrected chi connectivity index (χ3v) is 3.10. The van der Waals surface area contributed by atoms with Crippen molar-refractivity contribution in [3.05, 3.63) is 65.2 Å². The molecule has 0 fully saturated rings. The van der Waals surface area contributed by atoms with Gasteiger partial charge in [-0.1, -0.05) is 35.9 Å². The normalized spacial score (nSPS) is 10.2. The molecule has 0 atom stereocenters. The van der Waals surface area contributed by atoms with Crippen molar-refractivity contribution in [3.8, 4) is 0 Å². The van der Waals surface area contributed by atoms with Crippen LogP contribution in [-0.2, 0) is 6.54 Å². The van der Waals surface area contributed by atoms with Crippen LogP contribution in [0.3, 0.4) is 0 Å². The van der Waals surface area contributed by atoms with Gasteiger partial charge in [-0.25, -0.2) is 4.79 Å². The van der Waals surface area contributed by atoms with Crippen LogP contribution in [0.1, 0.15) is 21.5 Å². The molecule has 0 spiro atoms. The van der Waals surface area contributed by atoms with Crippen molar-refractivity contribution in [2.45, 2.75) is 13.5 Å². The van der Waals surface area contributed by atoms with Crippen LogP contribution in [0.15, 0.2) is 48.5 Å². The molecule has 0 radical (unpaired) electrons. The molecule has 98 valence electrons. The second kappa shape index (κ2) is 5.57. The molecule has 3 heteroatoms. The van der Waals surface area contributed by atoms with Crippen molar-refractivity contribution < 1.29 is 9.90 Å². The lowest BCUT2D eigenvalue weighted by atomic mass is 10.0. The molecule has 0 aliphatic carbocycles. The van der Waals surface area contributed by atoms with Crippen LogP contribution in [-0.4, -0.2) is 18.1 Å². The Labute approximate surface area is 113 Å². The van der Waals surface area contributed by atoms with E-state index >= 15 is 0 Å². The smallest absolute Gasteiger partial charge is 0.336 e. The summed E-state index contributed by atoms with van der Waals surface area (Å²) < 4.78 is 0. The maximum absolute atomic E-state index is 11.2. The maximum Gasteiger partial charge on any atom is 0.336 e. The first-order chi connectivity index (χ1) is 9.08. The molecule has 2 aromatic rings. The zero-order valence-electron chi connectivity index (χ0n) is 11.1. The van der Waals surface area contributed by atoms with E-state index in [4.69, 9.17) is 0 Å². The van der Waals surface area contributed by atoms with Gasteiger partial charge in [-0.05, 0) is 30.7 Å². The van der Waals surface area contributed by atoms with E-state index in [1.54, 1.807) is 6.07 Å². The van der Waals surface area contributed by atoms with Crippen LogP contribution in [0.4, 0.5) is 5.69 Å². The molecule has 1 N–H and O–H groups in total. The van der Waals surface area contributed by atoms with E-state index in [2.05, 4.69) is 0 Å². The fourth-order valence-electron chi connectivity index (χ4n) is 2.09. The summed E-state index contributed by atoms with van der Waals surface area (Å²) in [6.45, 7) is 2.55. The van der Waals surface area contributed by atoms with E-state index in [1.807, 2.05) is 61.3 Å². The minimum absolute atomic E-state index is 0.369. The zero-order valence-corrected chi connectivity index (χ0v) is 11.1. The Bertz CT molecular complexity index is 579. The molecule has 0 saturated carbocycles. The third kappa shape index (κ3) is 3.13. The fourth-order valence-corrected chi connectivity index (χ4v) is 2.09. The highest BCUT2D eigenvalue weighted by Gasteiger charge is 2.12. The minimum Gasteiger partial charge on any atom is -0.478 e. The average Bonchev–Trinajstić information content (AvgIpc) is 2.39. The number of carboxylic acid groups (broad SMARTS) is 1. The Balaban J connectivity index is 2.28. The highest BCUT2D eigenvalue weighted by molar-refractivity contribution is 5.89. The van der Waals surface area contributed by atoms with E-state index in [1.165, 1.54) is 0 Å². The van der Waals surface area contributed by atoms with Crippen molar-refractivity contribution in [1.29, 1.82) is 0 Å². The van der Waals surface area contributed by atoms with Gasteiger partial charge in [0, 0.05) is 19.3 Å². The van der Waals surface area contributed by atoms with Gasteiger partial charge < -0.3 is 10.0 Å². The quantitative estimate of drug-likeness (QED) is 0.911. The maximum atomic E-state index is 11.2. The lowest BCUT2D eigenvalue weighted by molar-refractivity contribution is 0.0695. The molecule has 3 nitrogen and oxygen atoms in total. The molecule has 19 heavy (non-hydrogen) atoms. The van der Waals surface area contributed by atoms with E-state index in [0.717, 1.165) is 16.8 Å². The van der Waals surface area contributed by atoms with Gasteiger partial charge in [-0.3, -0.25) is 0 Å². The summed E-state index contributed by atoms with van der Waals surface area (Å²) in [7, 11) is 1.96. The molecule has 2 aromatic carbocycles. The minimum atomic E-state index is -0.878. The fraction of sp³-hybridized carbons (Fsp3) is 0.188. The highest BCUT2D eigenvalue weighted by Crippen LogP contribution is 2.18. The topological polar surface area (TPSA) is 40.5 Å². The molecule has 0 heterocycles. The first kappa shape index (κ1) is 13.1. The number of hydrogen-bond acceptors (Lipinski definition) is 2. The van der Waals surface area contributed by atoms with Crippen LogP contribution >= 0.6 is 0 Å². The van der Waals surface area contributed by atoms with Gasteiger partial charge in [0.05, 0.1) is 5.56 Å². The van der Waals surface area contributed by atoms with E-state index in [9.17, 15) is 9.90 Å². The standard InChI is InChI=1S/C16H17NO2/c1-12-8-9-15(16(18)19)13(10-12)11-17(2)14-6-4-3-5-7-14/h3-10H,11H2,1-2H3,(H,18,19). The molecule has 0 bridgehead atoms. The van der Waals surface area contributed by atoms with Gasteiger partial charge in [-0.2, -0.15) is 0 Å². The van der Waals surface area contributed by atoms with Crippen LogP contribution in [0, 0.1) is 6.92 Å². The summed E-state index contributed by atoms with van der Waals surface area (Å²) in [4.78, 5) is 13.3. The van der Waals surface area contributed by atoms with Gasteiger partial charge >= 0.3 is 5.97 Å². The molecule has 0 aliphatic rings. The number of carboxylic acids is 1. The number of aryl methyl sites for hydroxylation is 1. The molecule has 0 amide bonds. The van der Waals surface area contributed by atoms with Crippen LogP contribution in [0.5, 0.6) is 0 Å². The average molecular weight is 255 g/mol. The summed E-state index contributed by atoms with van der Waals surface area (Å²) in [5, 5.41) is 9.22. The van der Waals surface area contributed by atoms with Crippen LogP contribution < -0.4 is 4.90 Å². The number of benzene rings is 2. The number of para-hydroxylation sites is 1. The lowest BCUT2D eigenvalue weighted by Gasteiger charge is -2.20. The number of carbonyl (C=O) groups is 1. The summed E-state index contributed by atoms with van der Waals surface area (Å²) in [5.41, 5.74) is 3.34. The number of anilines is 1. The summed E-state index contributed by atoms with van der Waals surface area (Å²) in [6.07, 6.45) is 0. The summed E-state index contributed by atoms with van der Waals surface area (Å²) in [6, 6.07) is 15.4. The molecule has 0 aromatic heterocycles. The largest absolute Gasteiger partial charge is 0.478 e. The van der Waals surface area contributed by atoms with Crippen molar-refractivity contribution in [3.63, 3.8) is 0 Å². The van der Waals surface area contributed by atoms with Crippen molar-refractivity contribution in [1.82, 2.24) is 0 Å². The Hall–Kier alpha value is -2.29. The SMILES string of the molecule is Cc1ccc(C(=O)O)c(CN(C)c2ccccc2)c1. The Morgan fingerprint density at radius 3 is 2.47 bits per heavy atom. The first-order valence-electron chi connectivity index (χ1n) is 6.17. The molecule has 0 unspecified atom stereocenters. The van der Waals surface area contributed by atoms with E-state index in [0.29, 0.717) is 12.1 Å². The van der Waals surface area contributed by atoms with E-state index < -0.39 is 5.97 Å². The lowest BCUT2D eigenvalue weighted by Crippen LogP contribution is -2.18. The van der Waals surface area contributed by atoms with Gasteiger partial charge in [0.2, 0.25) is 0 Å². The molecular formula is C16H17NO2. The number of rotatable bonds is 4.